The molecule has 0 aliphatic heterocycles. The van der Waals surface area contributed by atoms with Crippen LogP contribution in [0.15, 0.2) is 16.6 Å². The Labute approximate surface area is 118 Å². The Balaban J connectivity index is 2.15. The molecule has 2 aromatic rings. The van der Waals surface area contributed by atoms with E-state index < -0.39 is 5.97 Å². The second-order valence-electron chi connectivity index (χ2n) is 4.17. The first-order chi connectivity index (χ1) is 9.00. The van der Waals surface area contributed by atoms with E-state index >= 15 is 0 Å². The highest BCUT2D eigenvalue weighted by Gasteiger charge is 2.16. The number of carboxylic acids is 1. The molecule has 2 heterocycles. The van der Waals surface area contributed by atoms with Crippen LogP contribution >= 0.6 is 23.1 Å². The van der Waals surface area contributed by atoms with E-state index in [0.717, 1.165) is 5.56 Å². The van der Waals surface area contributed by atoms with Crippen LogP contribution in [-0.4, -0.2) is 25.8 Å². The van der Waals surface area contributed by atoms with E-state index in [1.807, 2.05) is 24.5 Å². The van der Waals surface area contributed by atoms with Crippen molar-refractivity contribution in [3.63, 3.8) is 0 Å². The summed E-state index contributed by atoms with van der Waals surface area (Å²) in [6.45, 7) is 3.99. The fourth-order valence-electron chi connectivity index (χ4n) is 1.65. The highest BCUT2D eigenvalue weighted by Crippen LogP contribution is 2.28. The van der Waals surface area contributed by atoms with E-state index in [2.05, 4.69) is 10.2 Å². The molecular formula is C11H14N4O2S2. The number of rotatable bonds is 5. The first-order valence-corrected chi connectivity index (χ1v) is 7.50. The maximum atomic E-state index is 11.0. The summed E-state index contributed by atoms with van der Waals surface area (Å²) in [7, 11) is 0. The molecule has 8 heteroatoms. The highest BCUT2D eigenvalue weighted by molar-refractivity contribution is 7.98. The lowest BCUT2D eigenvalue weighted by Crippen LogP contribution is -2.07. The molecule has 0 aliphatic rings. The van der Waals surface area contributed by atoms with Gasteiger partial charge in [-0.1, -0.05) is 11.8 Å². The monoisotopic (exact) mass is 298 g/mol. The molecule has 3 N–H and O–H groups in total. The van der Waals surface area contributed by atoms with E-state index in [1.165, 1.54) is 23.1 Å². The zero-order valence-corrected chi connectivity index (χ0v) is 12.2. The minimum absolute atomic E-state index is 0.166. The van der Waals surface area contributed by atoms with E-state index in [4.69, 9.17) is 10.8 Å². The Kier molecular flexibility index (Phi) is 4.11. The predicted molar refractivity (Wildman–Crippen MR) is 75.7 cm³/mol. The van der Waals surface area contributed by atoms with Crippen LogP contribution in [0, 0.1) is 0 Å². The predicted octanol–water partition coefficient (Wildman–Crippen LogP) is 2.49. The zero-order valence-electron chi connectivity index (χ0n) is 10.5. The van der Waals surface area contributed by atoms with Crippen LogP contribution in [0.3, 0.4) is 0 Å². The van der Waals surface area contributed by atoms with Crippen molar-refractivity contribution in [3.05, 3.63) is 21.9 Å². The highest BCUT2D eigenvalue weighted by atomic mass is 32.2. The van der Waals surface area contributed by atoms with Gasteiger partial charge in [-0.25, -0.2) is 4.79 Å². The van der Waals surface area contributed by atoms with E-state index in [-0.39, 0.29) is 6.04 Å². The molecule has 19 heavy (non-hydrogen) atoms. The Hall–Kier alpha value is -1.54. The number of nitrogens with two attached hydrogens (primary N) is 1. The maximum absolute atomic E-state index is 11.0. The van der Waals surface area contributed by atoms with Crippen molar-refractivity contribution in [1.82, 2.24) is 14.8 Å². The lowest BCUT2D eigenvalue weighted by atomic mass is 10.3. The van der Waals surface area contributed by atoms with E-state index in [9.17, 15) is 4.79 Å². The van der Waals surface area contributed by atoms with Crippen molar-refractivity contribution in [3.8, 4) is 0 Å². The van der Waals surface area contributed by atoms with Gasteiger partial charge >= 0.3 is 5.97 Å². The zero-order chi connectivity index (χ0) is 14.0. The third kappa shape index (κ3) is 2.90. The molecule has 0 unspecified atom stereocenters. The number of anilines is 1. The number of hydrogen-bond acceptors (Lipinski definition) is 6. The van der Waals surface area contributed by atoms with E-state index in [1.54, 1.807) is 5.38 Å². The lowest BCUT2D eigenvalue weighted by molar-refractivity contribution is 0.0701. The number of thioether (sulfide) groups is 1. The van der Waals surface area contributed by atoms with Crippen molar-refractivity contribution < 1.29 is 9.90 Å². The molecule has 102 valence electrons. The van der Waals surface area contributed by atoms with Crippen LogP contribution in [-0.2, 0) is 5.75 Å². The molecule has 0 amide bonds. The maximum Gasteiger partial charge on any atom is 0.346 e. The van der Waals surface area contributed by atoms with E-state index in [0.29, 0.717) is 21.7 Å². The normalized spacial score (nSPS) is 11.1. The summed E-state index contributed by atoms with van der Waals surface area (Å²) in [5.74, 6) is 0.0208. The fraction of sp³-hybridized carbons (Fsp3) is 0.364. The molecule has 6 nitrogen and oxygen atoms in total. The van der Waals surface area contributed by atoms with Crippen LogP contribution < -0.4 is 5.73 Å². The van der Waals surface area contributed by atoms with Gasteiger partial charge in [-0.05, 0) is 30.9 Å². The molecule has 0 aliphatic carbocycles. The second kappa shape index (κ2) is 5.62. The van der Waals surface area contributed by atoms with Gasteiger partial charge in [0.05, 0.1) is 0 Å². The number of nitrogen functional groups attached to an aromatic ring is 1. The smallest absolute Gasteiger partial charge is 0.346 e. The topological polar surface area (TPSA) is 94.0 Å². The summed E-state index contributed by atoms with van der Waals surface area (Å²) < 4.78 is 1.83. The first-order valence-electron chi connectivity index (χ1n) is 5.63. The number of carboxylic acid groups (broad SMARTS) is 1. The quantitative estimate of drug-likeness (QED) is 0.824. The van der Waals surface area contributed by atoms with Crippen LogP contribution in [0.2, 0.25) is 0 Å². The molecule has 0 spiro atoms. The molecule has 0 radical (unpaired) electrons. The number of thiophene rings is 1. The summed E-state index contributed by atoms with van der Waals surface area (Å²) in [4.78, 5) is 11.4. The Bertz CT molecular complexity index is 591. The van der Waals surface area contributed by atoms with Gasteiger partial charge in [-0.2, -0.15) is 0 Å². The number of hydrogen-bond donors (Lipinski definition) is 2. The Morgan fingerprint density at radius 1 is 1.58 bits per heavy atom. The Morgan fingerprint density at radius 3 is 2.95 bits per heavy atom. The van der Waals surface area contributed by atoms with Crippen molar-refractivity contribution in [1.29, 1.82) is 0 Å². The standard InChI is InChI=1S/C11H14N4O2S2/c1-6(2)15-10(12)13-14-11(15)19-5-7-3-4-18-8(7)9(16)17/h3-4,6H,5H2,1-2H3,(H2,12,13)(H,16,17). The summed E-state index contributed by atoms with van der Waals surface area (Å²) >= 11 is 2.67. The van der Waals surface area contributed by atoms with Crippen LogP contribution in [0.1, 0.15) is 35.1 Å². The number of nitrogens with zero attached hydrogens (tertiary/aromatic N) is 3. The van der Waals surface area contributed by atoms with Gasteiger partial charge in [0.25, 0.3) is 0 Å². The average Bonchev–Trinajstić information content (AvgIpc) is 2.92. The third-order valence-electron chi connectivity index (χ3n) is 2.51. The second-order valence-corrected chi connectivity index (χ2v) is 6.03. The van der Waals surface area contributed by atoms with Gasteiger partial charge in [0.2, 0.25) is 5.95 Å². The fourth-order valence-corrected chi connectivity index (χ4v) is 3.57. The minimum Gasteiger partial charge on any atom is -0.477 e. The molecule has 0 aromatic carbocycles. The van der Waals surface area contributed by atoms with Crippen molar-refractivity contribution >= 4 is 35.0 Å². The van der Waals surface area contributed by atoms with Crippen LogP contribution in [0.5, 0.6) is 0 Å². The molecular weight excluding hydrogens is 284 g/mol. The minimum atomic E-state index is -0.893. The summed E-state index contributed by atoms with van der Waals surface area (Å²) in [6, 6.07) is 1.99. The Morgan fingerprint density at radius 2 is 2.32 bits per heavy atom. The number of aromatic nitrogens is 3. The lowest BCUT2D eigenvalue weighted by Gasteiger charge is -2.11. The molecule has 0 atom stereocenters. The summed E-state index contributed by atoms with van der Waals surface area (Å²) in [5.41, 5.74) is 6.54. The largest absolute Gasteiger partial charge is 0.477 e. The molecule has 2 rings (SSSR count). The van der Waals surface area contributed by atoms with Gasteiger partial charge in [0.1, 0.15) is 4.88 Å². The van der Waals surface area contributed by atoms with Crippen molar-refractivity contribution in [2.45, 2.75) is 30.8 Å². The van der Waals surface area contributed by atoms with Gasteiger partial charge in [0, 0.05) is 11.8 Å². The molecule has 0 fully saturated rings. The summed E-state index contributed by atoms with van der Waals surface area (Å²) in [5, 5.41) is 19.4. The molecule has 0 saturated heterocycles. The SMILES string of the molecule is CC(C)n1c(N)nnc1SCc1ccsc1C(=O)O. The first kappa shape index (κ1) is 13.9. The average molecular weight is 298 g/mol. The number of aromatic carboxylic acids is 1. The van der Waals surface area contributed by atoms with Gasteiger partial charge < -0.3 is 10.8 Å². The summed E-state index contributed by atoms with van der Waals surface area (Å²) in [6.07, 6.45) is 0. The van der Waals surface area contributed by atoms with Crippen molar-refractivity contribution in [2.24, 2.45) is 0 Å². The van der Waals surface area contributed by atoms with Gasteiger partial charge in [-0.15, -0.1) is 21.5 Å². The number of carbonyl (C=O) groups is 1. The van der Waals surface area contributed by atoms with Crippen LogP contribution in [0.25, 0.3) is 0 Å². The van der Waals surface area contributed by atoms with Crippen molar-refractivity contribution in [2.75, 3.05) is 5.73 Å². The molecule has 0 bridgehead atoms. The van der Waals surface area contributed by atoms with Gasteiger partial charge in [0.15, 0.2) is 5.16 Å². The van der Waals surface area contributed by atoms with Gasteiger partial charge in [-0.3, -0.25) is 4.57 Å². The third-order valence-corrected chi connectivity index (χ3v) is 4.44. The molecule has 0 saturated carbocycles. The molecule has 2 aromatic heterocycles. The van der Waals surface area contributed by atoms with Crippen LogP contribution in [0.4, 0.5) is 5.95 Å².